The summed E-state index contributed by atoms with van der Waals surface area (Å²) in [6.07, 6.45) is 1.43. The van der Waals surface area contributed by atoms with E-state index in [2.05, 4.69) is 0 Å². The number of aryl methyl sites for hydroxylation is 1. The summed E-state index contributed by atoms with van der Waals surface area (Å²) >= 11 is 0. The van der Waals surface area contributed by atoms with Crippen LogP contribution in [0.1, 0.15) is 5.56 Å². The van der Waals surface area contributed by atoms with Gasteiger partial charge in [-0.1, -0.05) is 18.2 Å². The molecule has 2 aromatic rings. The van der Waals surface area contributed by atoms with Crippen LogP contribution in [-0.2, 0) is 13.5 Å². The minimum atomic E-state index is -0.948. The van der Waals surface area contributed by atoms with Gasteiger partial charge in [0.15, 0.2) is 0 Å². The molecule has 0 bridgehead atoms. The van der Waals surface area contributed by atoms with Crippen molar-refractivity contribution in [3.05, 3.63) is 36.0 Å². The third kappa shape index (κ3) is 2.36. The van der Waals surface area contributed by atoms with Gasteiger partial charge in [0.1, 0.15) is 6.17 Å². The molecular weight excluding hydrogens is 227 g/mol. The average Bonchev–Trinajstić information content (AvgIpc) is 2.57. The fraction of sp³-hybridized carbons (Fsp3) is 0.333. The first-order valence-corrected chi connectivity index (χ1v) is 5.09. The zero-order valence-corrected chi connectivity index (χ0v) is 10.0. The molecule has 1 aromatic heterocycles. The van der Waals surface area contributed by atoms with E-state index >= 15 is 0 Å². The van der Waals surface area contributed by atoms with Crippen LogP contribution in [-0.4, -0.2) is 17.3 Å². The Morgan fingerprint density at radius 1 is 1.38 bits per heavy atom. The van der Waals surface area contributed by atoms with Crippen molar-refractivity contribution in [2.24, 2.45) is 12.8 Å². The molecule has 2 nitrogen and oxygen atoms in total. The standard InChI is InChI=1S/C12H15FN2.ClH/c1-15-8-9(6-10(13)7-14)11-4-2-3-5-12(11)15;/h2-5,8,10H,6-7,14H2,1H3;1H. The number of para-hydroxylation sites is 1. The van der Waals surface area contributed by atoms with Gasteiger partial charge >= 0.3 is 0 Å². The molecule has 2 rings (SSSR count). The number of alkyl halides is 1. The maximum Gasteiger partial charge on any atom is 0.116 e. The number of nitrogens with zero attached hydrogens (tertiary/aromatic N) is 1. The topological polar surface area (TPSA) is 30.9 Å². The summed E-state index contributed by atoms with van der Waals surface area (Å²) in [5.41, 5.74) is 7.46. The van der Waals surface area contributed by atoms with Crippen LogP contribution in [0.25, 0.3) is 10.9 Å². The molecule has 1 heterocycles. The lowest BCUT2D eigenvalue weighted by Gasteiger charge is -2.02. The Labute approximate surface area is 101 Å². The van der Waals surface area contributed by atoms with E-state index in [1.165, 1.54) is 0 Å². The minimum Gasteiger partial charge on any atom is -0.350 e. The van der Waals surface area contributed by atoms with Crippen LogP contribution in [0.4, 0.5) is 4.39 Å². The zero-order valence-electron chi connectivity index (χ0n) is 9.19. The molecule has 1 atom stereocenters. The van der Waals surface area contributed by atoms with Gasteiger partial charge in [0.25, 0.3) is 0 Å². The molecule has 0 aliphatic carbocycles. The first-order chi connectivity index (χ1) is 7.22. The van der Waals surface area contributed by atoms with Crippen LogP contribution < -0.4 is 5.73 Å². The zero-order chi connectivity index (χ0) is 10.8. The van der Waals surface area contributed by atoms with Gasteiger partial charge in [0.05, 0.1) is 0 Å². The molecule has 0 saturated carbocycles. The van der Waals surface area contributed by atoms with Crippen LogP contribution in [0.5, 0.6) is 0 Å². The molecule has 4 heteroatoms. The highest BCUT2D eigenvalue weighted by Crippen LogP contribution is 2.21. The van der Waals surface area contributed by atoms with E-state index in [-0.39, 0.29) is 19.0 Å². The van der Waals surface area contributed by atoms with Crippen LogP contribution in [0.2, 0.25) is 0 Å². The first-order valence-electron chi connectivity index (χ1n) is 5.09. The Kier molecular flexibility index (Phi) is 4.33. The number of fused-ring (bicyclic) bond motifs is 1. The van der Waals surface area contributed by atoms with E-state index in [1.807, 2.05) is 42.1 Å². The van der Waals surface area contributed by atoms with Gasteiger partial charge in [-0.3, -0.25) is 0 Å². The SMILES string of the molecule is Cl.Cn1cc(CC(F)CN)c2ccccc21. The van der Waals surface area contributed by atoms with Crippen LogP contribution in [0, 0.1) is 0 Å². The van der Waals surface area contributed by atoms with Crippen LogP contribution >= 0.6 is 12.4 Å². The quantitative estimate of drug-likeness (QED) is 0.881. The van der Waals surface area contributed by atoms with Crippen molar-refractivity contribution in [2.75, 3.05) is 6.54 Å². The number of halogens is 2. The molecule has 1 unspecified atom stereocenters. The summed E-state index contributed by atoms with van der Waals surface area (Å²) in [6, 6.07) is 8.02. The number of hydrogen-bond donors (Lipinski definition) is 1. The molecule has 0 saturated heterocycles. The van der Waals surface area contributed by atoms with Gasteiger partial charge in [0.2, 0.25) is 0 Å². The van der Waals surface area contributed by atoms with E-state index < -0.39 is 6.17 Å². The van der Waals surface area contributed by atoms with Crippen molar-refractivity contribution in [3.63, 3.8) is 0 Å². The second-order valence-electron chi connectivity index (χ2n) is 3.82. The van der Waals surface area contributed by atoms with Crippen molar-refractivity contribution in [1.82, 2.24) is 4.57 Å². The van der Waals surface area contributed by atoms with E-state index in [0.717, 1.165) is 16.5 Å². The lowest BCUT2D eigenvalue weighted by molar-refractivity contribution is 0.341. The lowest BCUT2D eigenvalue weighted by Crippen LogP contribution is -2.17. The monoisotopic (exact) mass is 242 g/mol. The summed E-state index contributed by atoms with van der Waals surface area (Å²) in [4.78, 5) is 0. The molecule has 16 heavy (non-hydrogen) atoms. The third-order valence-corrected chi connectivity index (χ3v) is 2.68. The van der Waals surface area contributed by atoms with E-state index in [9.17, 15) is 4.39 Å². The highest BCUT2D eigenvalue weighted by atomic mass is 35.5. The van der Waals surface area contributed by atoms with Crippen molar-refractivity contribution >= 4 is 23.3 Å². The number of nitrogens with two attached hydrogens (primary N) is 1. The molecule has 1 aromatic carbocycles. The second-order valence-corrected chi connectivity index (χ2v) is 3.82. The highest BCUT2D eigenvalue weighted by molar-refractivity contribution is 5.85. The molecule has 0 aliphatic heterocycles. The minimum absolute atomic E-state index is 0. The number of benzene rings is 1. The van der Waals surface area contributed by atoms with Crippen LogP contribution in [0.3, 0.4) is 0 Å². The average molecular weight is 243 g/mol. The van der Waals surface area contributed by atoms with Gasteiger partial charge in [-0.15, -0.1) is 12.4 Å². The van der Waals surface area contributed by atoms with Crippen LogP contribution in [0.15, 0.2) is 30.5 Å². The highest BCUT2D eigenvalue weighted by Gasteiger charge is 2.10. The Bertz CT molecular complexity index is 467. The Balaban J connectivity index is 0.00000128. The van der Waals surface area contributed by atoms with Crippen molar-refractivity contribution < 1.29 is 4.39 Å². The predicted octanol–water partition coefficient (Wildman–Crippen LogP) is 2.44. The Morgan fingerprint density at radius 3 is 2.75 bits per heavy atom. The predicted molar refractivity (Wildman–Crippen MR) is 67.8 cm³/mol. The van der Waals surface area contributed by atoms with Crippen molar-refractivity contribution in [3.8, 4) is 0 Å². The normalized spacial score (nSPS) is 12.4. The number of aromatic nitrogens is 1. The Hall–Kier alpha value is -1.06. The molecule has 0 amide bonds. The van der Waals surface area contributed by atoms with E-state index in [4.69, 9.17) is 5.73 Å². The molecule has 0 aliphatic rings. The fourth-order valence-corrected chi connectivity index (χ4v) is 1.91. The maximum absolute atomic E-state index is 13.2. The molecule has 0 radical (unpaired) electrons. The summed E-state index contributed by atoms with van der Waals surface area (Å²) in [5.74, 6) is 0. The van der Waals surface area contributed by atoms with Crippen molar-refractivity contribution in [2.45, 2.75) is 12.6 Å². The lowest BCUT2D eigenvalue weighted by atomic mass is 10.1. The van der Waals surface area contributed by atoms with Gasteiger partial charge in [-0.05, 0) is 11.6 Å². The molecule has 0 spiro atoms. The first kappa shape index (κ1) is 13.0. The summed E-state index contributed by atoms with van der Waals surface area (Å²) in [6.45, 7) is 0.0865. The molecule has 0 fully saturated rings. The molecular formula is C12H16ClFN2. The van der Waals surface area contributed by atoms with Crippen molar-refractivity contribution in [1.29, 1.82) is 0 Å². The number of rotatable bonds is 3. The molecule has 2 N–H and O–H groups in total. The number of hydrogen-bond acceptors (Lipinski definition) is 1. The van der Waals surface area contributed by atoms with Gasteiger partial charge in [-0.2, -0.15) is 0 Å². The fourth-order valence-electron chi connectivity index (χ4n) is 1.91. The maximum atomic E-state index is 13.2. The summed E-state index contributed by atoms with van der Waals surface area (Å²) in [7, 11) is 1.97. The third-order valence-electron chi connectivity index (χ3n) is 2.68. The smallest absolute Gasteiger partial charge is 0.116 e. The van der Waals surface area contributed by atoms with Gasteiger partial charge in [0, 0.05) is 37.1 Å². The molecule has 88 valence electrons. The Morgan fingerprint density at radius 2 is 2.06 bits per heavy atom. The van der Waals surface area contributed by atoms with Gasteiger partial charge in [-0.25, -0.2) is 4.39 Å². The summed E-state index contributed by atoms with van der Waals surface area (Å²) in [5, 5.41) is 1.12. The van der Waals surface area contributed by atoms with E-state index in [1.54, 1.807) is 0 Å². The summed E-state index contributed by atoms with van der Waals surface area (Å²) < 4.78 is 15.2. The van der Waals surface area contributed by atoms with E-state index in [0.29, 0.717) is 6.42 Å². The second kappa shape index (κ2) is 5.32. The largest absolute Gasteiger partial charge is 0.350 e. The van der Waals surface area contributed by atoms with Gasteiger partial charge < -0.3 is 10.3 Å².